The van der Waals surface area contributed by atoms with E-state index in [-0.39, 0.29) is 11.5 Å². The largest absolute Gasteiger partial charge is 0.383 e. The number of hydrogen-bond acceptors (Lipinski definition) is 5. The van der Waals surface area contributed by atoms with E-state index in [1.807, 2.05) is 6.07 Å². The lowest BCUT2D eigenvalue weighted by molar-refractivity contribution is -0.124. The fourth-order valence-corrected chi connectivity index (χ4v) is 3.67. The maximum absolute atomic E-state index is 15.0. The number of anilines is 2. The Morgan fingerprint density at radius 3 is 2.61 bits per heavy atom. The number of halogens is 1. The predicted octanol–water partition coefficient (Wildman–Crippen LogP) is 3.65. The van der Waals surface area contributed by atoms with Crippen LogP contribution in [-0.4, -0.2) is 25.5 Å². The van der Waals surface area contributed by atoms with Crippen LogP contribution in [0.4, 0.5) is 15.9 Å². The van der Waals surface area contributed by atoms with Gasteiger partial charge < -0.3 is 20.7 Å². The van der Waals surface area contributed by atoms with E-state index in [1.54, 1.807) is 62.0 Å². The van der Waals surface area contributed by atoms with Crippen molar-refractivity contribution in [2.75, 3.05) is 11.1 Å². The van der Waals surface area contributed by atoms with E-state index in [2.05, 4.69) is 15.3 Å². The summed E-state index contributed by atoms with van der Waals surface area (Å²) in [6.07, 6.45) is 0.385. The van der Waals surface area contributed by atoms with E-state index >= 15 is 4.39 Å². The molecule has 4 aromatic rings. The first kappa shape index (κ1) is 20.5. The molecule has 0 bridgehead atoms. The molecule has 0 saturated heterocycles. The number of benzene rings is 2. The topological polar surface area (TPSA) is 106 Å². The molecule has 0 saturated carbocycles. The van der Waals surface area contributed by atoms with Crippen molar-refractivity contribution in [3.05, 3.63) is 71.4 Å². The third kappa shape index (κ3) is 3.73. The normalized spacial score (nSPS) is 12.2. The van der Waals surface area contributed by atoms with Crippen molar-refractivity contribution in [3.63, 3.8) is 0 Å². The zero-order valence-electron chi connectivity index (χ0n) is 17.3. The summed E-state index contributed by atoms with van der Waals surface area (Å²) in [7, 11) is 1.80. The summed E-state index contributed by atoms with van der Waals surface area (Å²) in [6, 6.07) is 11.4. The minimum Gasteiger partial charge on any atom is -0.383 e. The smallest absolute Gasteiger partial charge is 0.257 e. The van der Waals surface area contributed by atoms with Crippen LogP contribution in [0.25, 0.3) is 22.2 Å². The van der Waals surface area contributed by atoms with Crippen molar-refractivity contribution >= 4 is 28.4 Å². The molecule has 4 N–H and O–H groups in total. The Morgan fingerprint density at radius 1 is 1.16 bits per heavy atom. The van der Waals surface area contributed by atoms with Crippen molar-refractivity contribution < 1.29 is 14.3 Å². The Labute approximate surface area is 178 Å². The number of aryl methyl sites for hydroxylation is 3. The van der Waals surface area contributed by atoms with Crippen molar-refractivity contribution in [2.24, 2.45) is 7.05 Å². The van der Waals surface area contributed by atoms with Crippen molar-refractivity contribution in [1.29, 1.82) is 0 Å². The standard InChI is InChI=1S/C23H22FN5O2/c1-12-6-4-5-7-15(12)20(30)23(31)28-14-8-9-16(18(24)10-14)17-11-29(3)22-19(17)21(25)26-13(2)27-22/h4-11,20,30H,1-3H3,(H,28,31)(H2,25,26,27). The number of nitrogens with one attached hydrogen (secondary N) is 1. The van der Waals surface area contributed by atoms with E-state index in [0.29, 0.717) is 33.5 Å². The van der Waals surface area contributed by atoms with E-state index in [9.17, 15) is 9.90 Å². The lowest BCUT2D eigenvalue weighted by Crippen LogP contribution is -2.21. The monoisotopic (exact) mass is 419 g/mol. The summed E-state index contributed by atoms with van der Waals surface area (Å²) < 4.78 is 16.8. The van der Waals surface area contributed by atoms with Gasteiger partial charge in [-0.05, 0) is 43.2 Å². The summed E-state index contributed by atoms with van der Waals surface area (Å²) in [5, 5.41) is 13.5. The van der Waals surface area contributed by atoms with Gasteiger partial charge in [-0.15, -0.1) is 0 Å². The van der Waals surface area contributed by atoms with Crippen LogP contribution < -0.4 is 11.1 Å². The summed E-state index contributed by atoms with van der Waals surface area (Å²) in [5.41, 5.74) is 9.08. The van der Waals surface area contributed by atoms with Crippen molar-refractivity contribution in [2.45, 2.75) is 20.0 Å². The first-order valence-corrected chi connectivity index (χ1v) is 9.69. The second kappa shape index (κ2) is 7.81. The van der Waals surface area contributed by atoms with E-state index in [0.717, 1.165) is 5.56 Å². The molecule has 31 heavy (non-hydrogen) atoms. The van der Waals surface area contributed by atoms with Crippen LogP contribution in [0.2, 0.25) is 0 Å². The highest BCUT2D eigenvalue weighted by molar-refractivity contribution is 6.01. The Kier molecular flexibility index (Phi) is 5.16. The Bertz CT molecular complexity index is 1320. The van der Waals surface area contributed by atoms with Gasteiger partial charge in [-0.3, -0.25) is 4.79 Å². The average molecular weight is 419 g/mol. The number of carbonyl (C=O) groups is 1. The van der Waals surface area contributed by atoms with Crippen LogP contribution >= 0.6 is 0 Å². The fourth-order valence-electron chi connectivity index (χ4n) is 3.67. The molecule has 1 unspecified atom stereocenters. The minimum atomic E-state index is -1.36. The molecule has 4 rings (SSSR count). The summed E-state index contributed by atoms with van der Waals surface area (Å²) in [4.78, 5) is 21.0. The van der Waals surface area contributed by atoms with Gasteiger partial charge >= 0.3 is 0 Å². The number of fused-ring (bicyclic) bond motifs is 1. The summed E-state index contributed by atoms with van der Waals surface area (Å²) in [6.45, 7) is 3.55. The minimum absolute atomic E-state index is 0.235. The lowest BCUT2D eigenvalue weighted by Gasteiger charge is -2.14. The average Bonchev–Trinajstić information content (AvgIpc) is 3.04. The van der Waals surface area contributed by atoms with Crippen LogP contribution in [0.1, 0.15) is 23.1 Å². The molecule has 0 aliphatic rings. The quantitative estimate of drug-likeness (QED) is 0.468. The summed E-state index contributed by atoms with van der Waals surface area (Å²) in [5.74, 6) is -0.380. The van der Waals surface area contributed by atoms with Crippen LogP contribution in [-0.2, 0) is 11.8 Å². The first-order valence-electron chi connectivity index (χ1n) is 9.69. The van der Waals surface area contributed by atoms with Gasteiger partial charge in [-0.1, -0.05) is 24.3 Å². The molecule has 7 nitrogen and oxygen atoms in total. The summed E-state index contributed by atoms with van der Waals surface area (Å²) >= 11 is 0. The van der Waals surface area contributed by atoms with Gasteiger partial charge in [0, 0.05) is 30.1 Å². The number of nitrogen functional groups attached to an aromatic ring is 1. The number of nitrogens with two attached hydrogens (primary N) is 1. The number of amides is 1. The first-order chi connectivity index (χ1) is 14.8. The zero-order chi connectivity index (χ0) is 22.3. The second-order valence-corrected chi connectivity index (χ2v) is 7.45. The van der Waals surface area contributed by atoms with Crippen LogP contribution in [0, 0.1) is 19.7 Å². The Morgan fingerprint density at radius 2 is 1.90 bits per heavy atom. The van der Waals surface area contributed by atoms with Crippen LogP contribution in [0.3, 0.4) is 0 Å². The molecule has 2 heterocycles. The Hall–Kier alpha value is -3.78. The molecule has 0 fully saturated rings. The number of carbonyl (C=O) groups excluding carboxylic acids is 1. The van der Waals surface area contributed by atoms with Gasteiger partial charge in [0.1, 0.15) is 23.1 Å². The lowest BCUT2D eigenvalue weighted by atomic mass is 10.0. The fraction of sp³-hybridized carbons (Fsp3) is 0.174. The van der Waals surface area contributed by atoms with E-state index in [4.69, 9.17) is 5.73 Å². The number of rotatable bonds is 4. The van der Waals surface area contributed by atoms with Gasteiger partial charge in [0.25, 0.3) is 5.91 Å². The molecule has 1 atom stereocenters. The number of nitrogens with zero attached hydrogens (tertiary/aromatic N) is 3. The van der Waals surface area contributed by atoms with Gasteiger partial charge in [-0.25, -0.2) is 14.4 Å². The maximum Gasteiger partial charge on any atom is 0.257 e. The molecule has 0 spiro atoms. The highest BCUT2D eigenvalue weighted by Crippen LogP contribution is 2.35. The SMILES string of the molecule is Cc1nc(N)c2c(-c3ccc(NC(=O)C(O)c4ccccc4C)cc3F)cn(C)c2n1. The molecular weight excluding hydrogens is 397 g/mol. The molecule has 0 aliphatic heterocycles. The number of aromatic nitrogens is 3. The predicted molar refractivity (Wildman–Crippen MR) is 118 cm³/mol. The highest BCUT2D eigenvalue weighted by atomic mass is 19.1. The molecule has 8 heteroatoms. The van der Waals surface area contributed by atoms with Gasteiger partial charge in [0.15, 0.2) is 6.10 Å². The highest BCUT2D eigenvalue weighted by Gasteiger charge is 2.21. The molecule has 158 valence electrons. The number of aliphatic hydroxyl groups is 1. The number of hydrogen-bond donors (Lipinski definition) is 3. The molecular formula is C23H22FN5O2. The van der Waals surface area contributed by atoms with Gasteiger partial charge in [0.2, 0.25) is 0 Å². The molecule has 0 aliphatic carbocycles. The maximum atomic E-state index is 15.0. The zero-order valence-corrected chi connectivity index (χ0v) is 17.3. The molecule has 1 amide bonds. The Balaban J connectivity index is 1.65. The molecule has 2 aromatic carbocycles. The number of aliphatic hydroxyl groups excluding tert-OH is 1. The van der Waals surface area contributed by atoms with Crippen molar-refractivity contribution in [1.82, 2.24) is 14.5 Å². The second-order valence-electron chi connectivity index (χ2n) is 7.45. The van der Waals surface area contributed by atoms with Gasteiger partial charge in [-0.2, -0.15) is 0 Å². The van der Waals surface area contributed by atoms with Gasteiger partial charge in [0.05, 0.1) is 5.39 Å². The van der Waals surface area contributed by atoms with Crippen LogP contribution in [0.5, 0.6) is 0 Å². The van der Waals surface area contributed by atoms with Crippen molar-refractivity contribution in [3.8, 4) is 11.1 Å². The third-order valence-electron chi connectivity index (χ3n) is 5.21. The van der Waals surface area contributed by atoms with E-state index in [1.165, 1.54) is 6.07 Å². The van der Waals surface area contributed by atoms with Crippen LogP contribution in [0.15, 0.2) is 48.7 Å². The molecule has 0 radical (unpaired) electrons. The third-order valence-corrected chi connectivity index (χ3v) is 5.21. The molecule has 2 aromatic heterocycles. The van der Waals surface area contributed by atoms with E-state index < -0.39 is 17.8 Å².